The summed E-state index contributed by atoms with van der Waals surface area (Å²) in [4.78, 5) is 25.9. The summed E-state index contributed by atoms with van der Waals surface area (Å²) in [7, 11) is 0. The van der Waals surface area contributed by atoms with Crippen molar-refractivity contribution in [2.24, 2.45) is 0 Å². The van der Waals surface area contributed by atoms with E-state index in [1.807, 2.05) is 0 Å². The van der Waals surface area contributed by atoms with Gasteiger partial charge in [0.25, 0.3) is 11.6 Å². The molecule has 8 nitrogen and oxygen atoms in total. The Labute approximate surface area is 115 Å². The van der Waals surface area contributed by atoms with Crippen molar-refractivity contribution in [1.29, 1.82) is 0 Å². The van der Waals surface area contributed by atoms with Gasteiger partial charge in [0, 0.05) is 0 Å². The molecule has 1 amide bonds. The summed E-state index contributed by atoms with van der Waals surface area (Å²) in [5.41, 5.74) is 4.92. The van der Waals surface area contributed by atoms with Crippen LogP contribution in [0.2, 0.25) is 0 Å². The van der Waals surface area contributed by atoms with Crippen LogP contribution in [0.5, 0.6) is 0 Å². The smallest absolute Gasteiger partial charge is 0.300 e. The van der Waals surface area contributed by atoms with Crippen LogP contribution in [0.4, 0.5) is 11.5 Å². The second kappa shape index (κ2) is 5.83. The van der Waals surface area contributed by atoms with Crippen LogP contribution in [0.1, 0.15) is 36.0 Å². The first-order valence-corrected chi connectivity index (χ1v) is 6.38. The number of hydrogen-bond acceptors (Lipinski definition) is 6. The molecule has 1 aromatic heterocycles. The Morgan fingerprint density at radius 1 is 1.50 bits per heavy atom. The van der Waals surface area contributed by atoms with E-state index >= 15 is 0 Å². The Bertz CT molecular complexity index is 534. The number of nitrogen functional groups attached to an aromatic ring is 1. The molecule has 2 rings (SSSR count). The molecule has 1 heterocycles. The highest BCUT2D eigenvalue weighted by molar-refractivity contribution is 5.98. The predicted octanol–water partition coefficient (Wildman–Crippen LogP) is 0.605. The van der Waals surface area contributed by atoms with E-state index in [0.717, 1.165) is 19.0 Å². The summed E-state index contributed by atoms with van der Waals surface area (Å²) in [6, 6.07) is 0.785. The molecule has 0 aliphatic heterocycles. The Balaban J connectivity index is 2.20. The number of amides is 1. The molecule has 0 bridgehead atoms. The minimum atomic E-state index is -0.682. The summed E-state index contributed by atoms with van der Waals surface area (Å²) in [5.74, 6) is -0.582. The Hall–Kier alpha value is -2.22. The SMILES string of the molecule is Nc1cc(C(=O)NC2CCCCC2O)c([N+](=O)[O-])cn1. The molecular weight excluding hydrogens is 264 g/mol. The summed E-state index contributed by atoms with van der Waals surface area (Å²) in [6.45, 7) is 0. The highest BCUT2D eigenvalue weighted by Crippen LogP contribution is 2.22. The zero-order chi connectivity index (χ0) is 14.7. The van der Waals surface area contributed by atoms with E-state index in [4.69, 9.17) is 5.73 Å². The molecule has 8 heteroatoms. The highest BCUT2D eigenvalue weighted by Gasteiger charge is 2.28. The van der Waals surface area contributed by atoms with E-state index < -0.39 is 22.6 Å². The molecule has 2 unspecified atom stereocenters. The monoisotopic (exact) mass is 280 g/mol. The number of nitrogens with two attached hydrogens (primary N) is 1. The topological polar surface area (TPSA) is 131 Å². The number of aliphatic hydroxyl groups is 1. The Morgan fingerprint density at radius 2 is 2.20 bits per heavy atom. The van der Waals surface area contributed by atoms with Crippen molar-refractivity contribution in [3.05, 3.63) is 27.9 Å². The predicted molar refractivity (Wildman–Crippen MR) is 71.0 cm³/mol. The lowest BCUT2D eigenvalue weighted by Crippen LogP contribution is -2.45. The highest BCUT2D eigenvalue weighted by atomic mass is 16.6. The number of aliphatic hydroxyl groups excluding tert-OH is 1. The van der Waals surface area contributed by atoms with Crippen molar-refractivity contribution in [3.63, 3.8) is 0 Å². The van der Waals surface area contributed by atoms with Gasteiger partial charge >= 0.3 is 0 Å². The van der Waals surface area contributed by atoms with E-state index in [1.54, 1.807) is 0 Å². The third kappa shape index (κ3) is 3.02. The first kappa shape index (κ1) is 14.2. The molecule has 4 N–H and O–H groups in total. The normalized spacial score (nSPS) is 22.2. The molecule has 0 saturated heterocycles. The van der Waals surface area contributed by atoms with Gasteiger partial charge in [-0.25, -0.2) is 4.98 Å². The molecule has 0 aromatic carbocycles. The van der Waals surface area contributed by atoms with Crippen molar-refractivity contribution in [2.45, 2.75) is 37.8 Å². The second-order valence-corrected chi connectivity index (χ2v) is 4.82. The fourth-order valence-electron chi connectivity index (χ4n) is 2.32. The molecular formula is C12H16N4O4. The number of aromatic nitrogens is 1. The molecule has 20 heavy (non-hydrogen) atoms. The number of carbonyl (C=O) groups is 1. The van der Waals surface area contributed by atoms with Gasteiger partial charge in [-0.1, -0.05) is 12.8 Å². The Morgan fingerprint density at radius 3 is 2.85 bits per heavy atom. The summed E-state index contributed by atoms with van der Waals surface area (Å²) < 4.78 is 0. The number of nitrogens with zero attached hydrogens (tertiary/aromatic N) is 2. The number of carbonyl (C=O) groups excluding carboxylic acids is 1. The average Bonchev–Trinajstić information content (AvgIpc) is 2.40. The van der Waals surface area contributed by atoms with Gasteiger partial charge in [-0.15, -0.1) is 0 Å². The van der Waals surface area contributed by atoms with Gasteiger partial charge in [0.15, 0.2) is 0 Å². The minimum Gasteiger partial charge on any atom is -0.391 e. The van der Waals surface area contributed by atoms with Gasteiger partial charge in [-0.3, -0.25) is 14.9 Å². The van der Waals surface area contributed by atoms with Crippen molar-refractivity contribution in [2.75, 3.05) is 5.73 Å². The Kier molecular flexibility index (Phi) is 4.14. The molecule has 1 aliphatic carbocycles. The zero-order valence-corrected chi connectivity index (χ0v) is 10.8. The van der Waals surface area contributed by atoms with Crippen LogP contribution < -0.4 is 11.1 Å². The molecule has 1 fully saturated rings. The number of nitrogens with one attached hydrogen (secondary N) is 1. The number of anilines is 1. The molecule has 108 valence electrons. The standard InChI is InChI=1S/C12H16N4O4/c13-11-5-7(9(6-14-11)16(19)20)12(18)15-8-3-1-2-4-10(8)17/h5-6,8,10,17H,1-4H2,(H2,13,14)(H,15,18). The van der Waals surface area contributed by atoms with Crippen molar-refractivity contribution in [3.8, 4) is 0 Å². The molecule has 0 spiro atoms. The van der Waals surface area contributed by atoms with Crippen molar-refractivity contribution < 1.29 is 14.8 Å². The fraction of sp³-hybridized carbons (Fsp3) is 0.500. The lowest BCUT2D eigenvalue weighted by atomic mass is 9.92. The molecule has 0 radical (unpaired) electrons. The van der Waals surface area contributed by atoms with Crippen LogP contribution in [-0.2, 0) is 0 Å². The molecule has 1 aliphatic rings. The summed E-state index contributed by atoms with van der Waals surface area (Å²) >= 11 is 0. The molecule has 2 atom stereocenters. The van der Waals surface area contributed by atoms with E-state index in [9.17, 15) is 20.0 Å². The number of rotatable bonds is 3. The molecule has 1 aromatic rings. The third-order valence-electron chi connectivity index (χ3n) is 3.39. The van der Waals surface area contributed by atoms with Gasteiger partial charge in [0.1, 0.15) is 17.6 Å². The molecule has 1 saturated carbocycles. The summed E-state index contributed by atoms with van der Waals surface area (Å²) in [5, 5.41) is 23.3. The van der Waals surface area contributed by atoms with Gasteiger partial charge in [-0.05, 0) is 18.9 Å². The van der Waals surface area contributed by atoms with Gasteiger partial charge in [0.05, 0.1) is 17.1 Å². The zero-order valence-electron chi connectivity index (χ0n) is 10.8. The first-order chi connectivity index (χ1) is 9.49. The minimum absolute atomic E-state index is 0.0324. The van der Waals surface area contributed by atoms with E-state index in [0.29, 0.717) is 12.8 Å². The first-order valence-electron chi connectivity index (χ1n) is 6.38. The van der Waals surface area contributed by atoms with Crippen molar-refractivity contribution in [1.82, 2.24) is 10.3 Å². The van der Waals surface area contributed by atoms with E-state index in [-0.39, 0.29) is 17.4 Å². The second-order valence-electron chi connectivity index (χ2n) is 4.82. The quantitative estimate of drug-likeness (QED) is 0.549. The van der Waals surface area contributed by atoms with Crippen molar-refractivity contribution >= 4 is 17.4 Å². The van der Waals surface area contributed by atoms with Crippen LogP contribution in [0.15, 0.2) is 12.3 Å². The lowest BCUT2D eigenvalue weighted by molar-refractivity contribution is -0.385. The summed E-state index contributed by atoms with van der Waals surface area (Å²) in [6.07, 6.45) is 3.43. The van der Waals surface area contributed by atoms with Gasteiger partial charge in [0.2, 0.25) is 0 Å². The van der Waals surface area contributed by atoms with Crippen LogP contribution in [-0.4, -0.2) is 33.1 Å². The maximum atomic E-state index is 12.1. The average molecular weight is 280 g/mol. The lowest BCUT2D eigenvalue weighted by Gasteiger charge is -2.28. The number of nitro groups is 1. The van der Waals surface area contributed by atoms with E-state index in [2.05, 4.69) is 10.3 Å². The van der Waals surface area contributed by atoms with Crippen LogP contribution in [0.3, 0.4) is 0 Å². The largest absolute Gasteiger partial charge is 0.391 e. The van der Waals surface area contributed by atoms with Gasteiger partial charge < -0.3 is 16.2 Å². The fourth-order valence-corrected chi connectivity index (χ4v) is 2.32. The van der Waals surface area contributed by atoms with Crippen LogP contribution in [0.25, 0.3) is 0 Å². The third-order valence-corrected chi connectivity index (χ3v) is 3.39. The van der Waals surface area contributed by atoms with Crippen LogP contribution >= 0.6 is 0 Å². The van der Waals surface area contributed by atoms with Crippen LogP contribution in [0, 0.1) is 10.1 Å². The van der Waals surface area contributed by atoms with E-state index in [1.165, 1.54) is 6.07 Å². The maximum absolute atomic E-state index is 12.1. The van der Waals surface area contributed by atoms with Gasteiger partial charge in [-0.2, -0.15) is 0 Å². The maximum Gasteiger partial charge on any atom is 0.300 e. The number of pyridine rings is 1. The number of hydrogen-bond donors (Lipinski definition) is 3.